The Morgan fingerprint density at radius 1 is 1.41 bits per heavy atom. The molecule has 6 nitrogen and oxygen atoms in total. The molecule has 94 valence electrons. The SMILES string of the molecule is CN(CCc1ccccc1C(=O)O)S(N)(=O)=O. The first-order valence-electron chi connectivity index (χ1n) is 4.87. The molecule has 0 saturated heterocycles. The third-order valence-electron chi connectivity index (χ3n) is 2.38. The van der Waals surface area contributed by atoms with Gasteiger partial charge < -0.3 is 5.11 Å². The minimum absolute atomic E-state index is 0.142. The highest BCUT2D eigenvalue weighted by molar-refractivity contribution is 7.86. The average Bonchev–Trinajstić information content (AvgIpc) is 2.24. The molecule has 1 rings (SSSR count). The molecular weight excluding hydrogens is 244 g/mol. The highest BCUT2D eigenvalue weighted by Gasteiger charge is 2.14. The van der Waals surface area contributed by atoms with Gasteiger partial charge in [0.2, 0.25) is 0 Å². The summed E-state index contributed by atoms with van der Waals surface area (Å²) in [6.07, 6.45) is 0.301. The molecule has 1 aromatic rings. The molecule has 0 radical (unpaired) electrons. The summed E-state index contributed by atoms with van der Waals surface area (Å²) >= 11 is 0. The number of benzene rings is 1. The number of likely N-dealkylation sites (N-methyl/N-ethyl adjacent to an activating group) is 1. The van der Waals surface area contributed by atoms with Gasteiger partial charge >= 0.3 is 5.97 Å². The standard InChI is InChI=1S/C10H14N2O4S/c1-12(17(11,15)16)7-6-8-4-2-3-5-9(8)10(13)14/h2-5H,6-7H2,1H3,(H,13,14)(H2,11,15,16). The van der Waals surface area contributed by atoms with Crippen molar-refractivity contribution in [2.45, 2.75) is 6.42 Å². The summed E-state index contributed by atoms with van der Waals surface area (Å²) in [7, 11) is -2.37. The quantitative estimate of drug-likeness (QED) is 0.780. The van der Waals surface area contributed by atoms with Gasteiger partial charge in [0.15, 0.2) is 0 Å². The van der Waals surface area contributed by atoms with E-state index in [1.807, 2.05) is 0 Å². The maximum Gasteiger partial charge on any atom is 0.335 e. The van der Waals surface area contributed by atoms with Crippen LogP contribution in [-0.2, 0) is 16.6 Å². The van der Waals surface area contributed by atoms with E-state index in [-0.39, 0.29) is 12.1 Å². The number of hydrogen-bond donors (Lipinski definition) is 2. The largest absolute Gasteiger partial charge is 0.478 e. The molecular formula is C10H14N2O4S. The first-order valence-corrected chi connectivity index (χ1v) is 6.38. The van der Waals surface area contributed by atoms with Crippen LogP contribution in [0.25, 0.3) is 0 Å². The summed E-state index contributed by atoms with van der Waals surface area (Å²) in [4.78, 5) is 10.9. The van der Waals surface area contributed by atoms with Crippen LogP contribution in [0.2, 0.25) is 0 Å². The summed E-state index contributed by atoms with van der Waals surface area (Å²) in [6, 6.07) is 6.46. The lowest BCUT2D eigenvalue weighted by molar-refractivity contribution is 0.0695. The predicted octanol–water partition coefficient (Wildman–Crippen LogP) is 0.0626. The molecule has 0 aromatic heterocycles. The Bertz CT molecular complexity index is 513. The van der Waals surface area contributed by atoms with Crippen LogP contribution in [0, 0.1) is 0 Å². The summed E-state index contributed by atoms with van der Waals surface area (Å²) in [5.74, 6) is -1.03. The molecule has 7 heteroatoms. The Balaban J connectivity index is 2.80. The van der Waals surface area contributed by atoms with Crippen molar-refractivity contribution in [1.82, 2.24) is 4.31 Å². The van der Waals surface area contributed by atoms with Crippen molar-refractivity contribution >= 4 is 16.2 Å². The molecule has 1 aromatic carbocycles. The molecule has 0 heterocycles. The molecule has 17 heavy (non-hydrogen) atoms. The fraction of sp³-hybridized carbons (Fsp3) is 0.300. The van der Waals surface area contributed by atoms with Crippen LogP contribution >= 0.6 is 0 Å². The molecule has 0 bridgehead atoms. The first kappa shape index (κ1) is 13.6. The lowest BCUT2D eigenvalue weighted by atomic mass is 10.1. The minimum atomic E-state index is -3.72. The maximum absolute atomic E-state index is 11.0. The number of nitrogens with two attached hydrogens (primary N) is 1. The van der Waals surface area contributed by atoms with Crippen LogP contribution in [0.5, 0.6) is 0 Å². The average molecular weight is 258 g/mol. The topological polar surface area (TPSA) is 101 Å². The van der Waals surface area contributed by atoms with Crippen LogP contribution < -0.4 is 5.14 Å². The number of aromatic carboxylic acids is 1. The number of carbonyl (C=O) groups is 1. The van der Waals surface area contributed by atoms with Crippen molar-refractivity contribution in [2.24, 2.45) is 5.14 Å². The lowest BCUT2D eigenvalue weighted by Gasteiger charge is -2.14. The number of hydrogen-bond acceptors (Lipinski definition) is 3. The second-order valence-corrected chi connectivity index (χ2v) is 5.23. The van der Waals surface area contributed by atoms with E-state index in [9.17, 15) is 13.2 Å². The van der Waals surface area contributed by atoms with E-state index in [1.54, 1.807) is 18.2 Å². The third-order valence-corrected chi connectivity index (χ3v) is 3.43. The van der Waals surface area contributed by atoms with E-state index in [2.05, 4.69) is 0 Å². The number of carboxylic acid groups (broad SMARTS) is 1. The number of carboxylic acids is 1. The summed E-state index contributed by atoms with van der Waals surface area (Å²) in [6.45, 7) is 0.142. The fourth-order valence-electron chi connectivity index (χ4n) is 1.35. The van der Waals surface area contributed by atoms with E-state index in [1.165, 1.54) is 13.1 Å². The zero-order chi connectivity index (χ0) is 13.1. The van der Waals surface area contributed by atoms with Crippen molar-refractivity contribution in [2.75, 3.05) is 13.6 Å². The van der Waals surface area contributed by atoms with E-state index in [4.69, 9.17) is 10.2 Å². The Hall–Kier alpha value is -1.44. The van der Waals surface area contributed by atoms with Crippen molar-refractivity contribution in [3.05, 3.63) is 35.4 Å². The van der Waals surface area contributed by atoms with E-state index >= 15 is 0 Å². The second kappa shape index (κ2) is 5.26. The Kier molecular flexibility index (Phi) is 4.22. The lowest BCUT2D eigenvalue weighted by Crippen LogP contribution is -2.34. The number of rotatable bonds is 5. The molecule has 0 aliphatic rings. The van der Waals surface area contributed by atoms with Crippen LogP contribution in [0.1, 0.15) is 15.9 Å². The van der Waals surface area contributed by atoms with Crippen molar-refractivity contribution in [3.8, 4) is 0 Å². The van der Waals surface area contributed by atoms with E-state index < -0.39 is 16.2 Å². The Labute approximate surface area is 99.8 Å². The minimum Gasteiger partial charge on any atom is -0.478 e. The second-order valence-electron chi connectivity index (χ2n) is 3.58. The highest BCUT2D eigenvalue weighted by Crippen LogP contribution is 2.10. The van der Waals surface area contributed by atoms with Crippen molar-refractivity contribution in [3.63, 3.8) is 0 Å². The van der Waals surface area contributed by atoms with Crippen LogP contribution in [-0.4, -0.2) is 37.4 Å². The Morgan fingerprint density at radius 2 is 2.00 bits per heavy atom. The maximum atomic E-state index is 11.0. The van der Waals surface area contributed by atoms with E-state index in [0.717, 1.165) is 4.31 Å². The van der Waals surface area contributed by atoms with Gasteiger partial charge in [-0.25, -0.2) is 9.93 Å². The van der Waals surface area contributed by atoms with Gasteiger partial charge in [-0.05, 0) is 18.1 Å². The molecule has 0 fully saturated rings. The molecule has 0 spiro atoms. The molecule has 0 unspecified atom stereocenters. The zero-order valence-electron chi connectivity index (χ0n) is 9.33. The van der Waals surface area contributed by atoms with Gasteiger partial charge in [-0.15, -0.1) is 0 Å². The third kappa shape index (κ3) is 3.81. The van der Waals surface area contributed by atoms with Crippen LogP contribution in [0.15, 0.2) is 24.3 Å². The summed E-state index contributed by atoms with van der Waals surface area (Å²) < 4.78 is 22.9. The zero-order valence-corrected chi connectivity index (χ0v) is 10.1. The van der Waals surface area contributed by atoms with Crippen molar-refractivity contribution in [1.29, 1.82) is 0 Å². The molecule has 0 aliphatic heterocycles. The molecule has 3 N–H and O–H groups in total. The molecule has 0 saturated carbocycles. The van der Waals surface area contributed by atoms with E-state index in [0.29, 0.717) is 12.0 Å². The first-order chi connectivity index (χ1) is 7.82. The Morgan fingerprint density at radius 3 is 2.53 bits per heavy atom. The van der Waals surface area contributed by atoms with Gasteiger partial charge in [0.25, 0.3) is 10.2 Å². The normalized spacial score (nSPS) is 11.7. The van der Waals surface area contributed by atoms with Crippen LogP contribution in [0.4, 0.5) is 0 Å². The molecule has 0 atom stereocenters. The smallest absolute Gasteiger partial charge is 0.335 e. The van der Waals surface area contributed by atoms with Gasteiger partial charge in [-0.3, -0.25) is 0 Å². The molecule has 0 amide bonds. The summed E-state index contributed by atoms with van der Waals surface area (Å²) in [5, 5.41) is 13.9. The monoisotopic (exact) mass is 258 g/mol. The highest BCUT2D eigenvalue weighted by atomic mass is 32.2. The van der Waals surface area contributed by atoms with Gasteiger partial charge in [-0.1, -0.05) is 18.2 Å². The number of nitrogens with zero attached hydrogens (tertiary/aromatic N) is 1. The van der Waals surface area contributed by atoms with Gasteiger partial charge in [0.1, 0.15) is 0 Å². The molecule has 0 aliphatic carbocycles. The van der Waals surface area contributed by atoms with Crippen LogP contribution in [0.3, 0.4) is 0 Å². The summed E-state index contributed by atoms with van der Waals surface area (Å²) in [5.41, 5.74) is 0.755. The van der Waals surface area contributed by atoms with Crippen molar-refractivity contribution < 1.29 is 18.3 Å². The van der Waals surface area contributed by atoms with Gasteiger partial charge in [0.05, 0.1) is 5.56 Å². The fourth-order valence-corrected chi connectivity index (χ4v) is 1.70. The predicted molar refractivity (Wildman–Crippen MR) is 62.8 cm³/mol. The van der Waals surface area contributed by atoms with Gasteiger partial charge in [-0.2, -0.15) is 12.7 Å². The van der Waals surface area contributed by atoms with Gasteiger partial charge in [0, 0.05) is 13.6 Å².